The number of hydrogen-bond donors (Lipinski definition) is 1. The maximum absolute atomic E-state index is 4.74. The zero-order chi connectivity index (χ0) is 16.9. The second kappa shape index (κ2) is 7.68. The minimum Gasteiger partial charge on any atom is -0.354 e. The number of hydrogen-bond acceptors (Lipinski definition) is 4. The largest absolute Gasteiger partial charge is 0.354 e. The van der Waals surface area contributed by atoms with Crippen LogP contribution in [0.5, 0.6) is 0 Å². The van der Waals surface area contributed by atoms with Crippen LogP contribution in [0.15, 0.2) is 48.2 Å². The first-order chi connectivity index (χ1) is 12.4. The van der Waals surface area contributed by atoms with Crippen molar-refractivity contribution < 1.29 is 0 Å². The molecule has 25 heavy (non-hydrogen) atoms. The summed E-state index contributed by atoms with van der Waals surface area (Å²) in [7, 11) is 0. The smallest absolute Gasteiger partial charge is 0.224 e. The van der Waals surface area contributed by atoms with Crippen molar-refractivity contribution in [3.05, 3.63) is 59.3 Å². The minimum absolute atomic E-state index is 0.743. The zero-order valence-corrected chi connectivity index (χ0v) is 14.7. The van der Waals surface area contributed by atoms with Gasteiger partial charge in [0.1, 0.15) is 5.82 Å². The predicted molar refractivity (Wildman–Crippen MR) is 103 cm³/mol. The lowest BCUT2D eigenvalue weighted by Gasteiger charge is -2.29. The average molecular weight is 334 g/mol. The second-order valence-electron chi connectivity index (χ2n) is 6.96. The molecule has 1 aromatic carbocycles. The molecule has 4 heteroatoms. The number of allylic oxidation sites excluding steroid dienone is 1. The first kappa shape index (κ1) is 16.1. The number of nitrogens with zero attached hydrogens (tertiary/aromatic N) is 3. The van der Waals surface area contributed by atoms with E-state index in [0.29, 0.717) is 0 Å². The molecule has 2 aromatic rings. The molecule has 0 unspecified atom stereocenters. The van der Waals surface area contributed by atoms with Gasteiger partial charge in [-0.1, -0.05) is 35.9 Å². The van der Waals surface area contributed by atoms with Crippen LogP contribution in [0.3, 0.4) is 0 Å². The number of rotatable bonds is 5. The Morgan fingerprint density at radius 3 is 2.84 bits per heavy atom. The zero-order valence-electron chi connectivity index (χ0n) is 14.7. The highest BCUT2D eigenvalue weighted by molar-refractivity contribution is 5.46. The van der Waals surface area contributed by atoms with E-state index in [1.165, 1.54) is 36.8 Å². The van der Waals surface area contributed by atoms with Crippen LogP contribution in [0.2, 0.25) is 0 Å². The van der Waals surface area contributed by atoms with Crippen LogP contribution >= 0.6 is 0 Å². The normalized spacial score (nSPS) is 17.0. The highest BCUT2D eigenvalue weighted by Gasteiger charge is 2.17. The molecule has 4 nitrogen and oxygen atoms in total. The van der Waals surface area contributed by atoms with E-state index in [2.05, 4.69) is 45.5 Å². The molecule has 0 fully saturated rings. The highest BCUT2D eigenvalue weighted by Crippen LogP contribution is 2.23. The maximum atomic E-state index is 4.74. The fourth-order valence-electron chi connectivity index (χ4n) is 3.77. The molecule has 0 amide bonds. The van der Waals surface area contributed by atoms with Crippen molar-refractivity contribution in [3.63, 3.8) is 0 Å². The Hall–Kier alpha value is -2.36. The van der Waals surface area contributed by atoms with Crippen LogP contribution in [0.4, 0.5) is 11.8 Å². The Morgan fingerprint density at radius 1 is 1.04 bits per heavy atom. The molecular weight excluding hydrogens is 308 g/mol. The molecule has 0 saturated carbocycles. The van der Waals surface area contributed by atoms with Crippen LogP contribution in [-0.4, -0.2) is 23.1 Å². The van der Waals surface area contributed by atoms with Crippen molar-refractivity contribution in [2.45, 2.75) is 45.1 Å². The van der Waals surface area contributed by atoms with Crippen LogP contribution < -0.4 is 10.2 Å². The second-order valence-corrected chi connectivity index (χ2v) is 6.96. The topological polar surface area (TPSA) is 41.1 Å². The van der Waals surface area contributed by atoms with E-state index in [0.717, 1.165) is 44.2 Å². The van der Waals surface area contributed by atoms with Crippen LogP contribution in [0.25, 0.3) is 0 Å². The third-order valence-electron chi connectivity index (χ3n) is 5.21. The van der Waals surface area contributed by atoms with Crippen LogP contribution in [0, 0.1) is 0 Å². The summed E-state index contributed by atoms with van der Waals surface area (Å²) < 4.78 is 0. The Balaban J connectivity index is 1.37. The van der Waals surface area contributed by atoms with Gasteiger partial charge in [0.25, 0.3) is 0 Å². The third-order valence-corrected chi connectivity index (χ3v) is 5.21. The predicted octanol–water partition coefficient (Wildman–Crippen LogP) is 4.34. The van der Waals surface area contributed by atoms with E-state index in [9.17, 15) is 0 Å². The van der Waals surface area contributed by atoms with Gasteiger partial charge in [0, 0.05) is 25.8 Å². The number of benzene rings is 1. The van der Waals surface area contributed by atoms with Gasteiger partial charge >= 0.3 is 0 Å². The first-order valence-corrected chi connectivity index (χ1v) is 9.45. The van der Waals surface area contributed by atoms with E-state index in [4.69, 9.17) is 4.98 Å². The molecule has 0 radical (unpaired) electrons. The van der Waals surface area contributed by atoms with Crippen molar-refractivity contribution in [2.24, 2.45) is 0 Å². The van der Waals surface area contributed by atoms with E-state index >= 15 is 0 Å². The Morgan fingerprint density at radius 2 is 1.96 bits per heavy atom. The number of nitrogens with one attached hydrogen (secondary N) is 1. The SMILES string of the molecule is C1=C(CCNc2nccc(N3CCc4ccccc4C3)n2)CCCC1. The molecule has 2 heterocycles. The summed E-state index contributed by atoms with van der Waals surface area (Å²) in [6, 6.07) is 10.7. The Kier molecular flexibility index (Phi) is 4.96. The van der Waals surface area contributed by atoms with Crippen LogP contribution in [-0.2, 0) is 13.0 Å². The van der Waals surface area contributed by atoms with Crippen molar-refractivity contribution in [3.8, 4) is 0 Å². The fraction of sp³-hybridized carbons (Fsp3) is 0.429. The molecule has 130 valence electrons. The van der Waals surface area contributed by atoms with Gasteiger partial charge in [-0.15, -0.1) is 0 Å². The Labute approximate surface area is 150 Å². The van der Waals surface area contributed by atoms with E-state index in [1.807, 2.05) is 12.3 Å². The van der Waals surface area contributed by atoms with Gasteiger partial charge in [-0.3, -0.25) is 0 Å². The van der Waals surface area contributed by atoms with Gasteiger partial charge < -0.3 is 10.2 Å². The summed E-state index contributed by atoms with van der Waals surface area (Å²) in [6.07, 6.45) is 11.7. The molecule has 0 saturated heterocycles. The van der Waals surface area contributed by atoms with Gasteiger partial charge in [0.15, 0.2) is 0 Å². The standard InChI is InChI=1S/C21H26N4/c1-2-6-17(7-3-1)10-13-22-21-23-14-11-20(24-21)25-15-12-18-8-4-5-9-19(18)16-25/h4-6,8-9,11,14H,1-3,7,10,12-13,15-16H2,(H,22,23,24). The van der Waals surface area contributed by atoms with Crippen molar-refractivity contribution in [2.75, 3.05) is 23.3 Å². The van der Waals surface area contributed by atoms with Gasteiger partial charge in [-0.2, -0.15) is 4.98 Å². The number of fused-ring (bicyclic) bond motifs is 1. The summed E-state index contributed by atoms with van der Waals surface area (Å²) in [5, 5.41) is 3.40. The molecule has 0 atom stereocenters. The van der Waals surface area contributed by atoms with Gasteiger partial charge in [0.05, 0.1) is 0 Å². The monoisotopic (exact) mass is 334 g/mol. The molecular formula is C21H26N4. The van der Waals surface area contributed by atoms with E-state index < -0.39 is 0 Å². The first-order valence-electron chi connectivity index (χ1n) is 9.45. The molecule has 1 aliphatic carbocycles. The lowest BCUT2D eigenvalue weighted by molar-refractivity contribution is 0.678. The molecule has 1 aliphatic heterocycles. The van der Waals surface area contributed by atoms with Crippen molar-refractivity contribution in [1.29, 1.82) is 0 Å². The molecule has 1 aromatic heterocycles. The lowest BCUT2D eigenvalue weighted by Crippen LogP contribution is -2.31. The van der Waals surface area contributed by atoms with E-state index in [1.54, 1.807) is 5.57 Å². The maximum Gasteiger partial charge on any atom is 0.224 e. The third kappa shape index (κ3) is 4.01. The van der Waals surface area contributed by atoms with Crippen molar-refractivity contribution >= 4 is 11.8 Å². The van der Waals surface area contributed by atoms with Crippen LogP contribution in [0.1, 0.15) is 43.2 Å². The quantitative estimate of drug-likeness (QED) is 0.826. The lowest BCUT2D eigenvalue weighted by atomic mass is 9.97. The summed E-state index contributed by atoms with van der Waals surface area (Å²) in [5.74, 6) is 1.76. The summed E-state index contributed by atoms with van der Waals surface area (Å²) >= 11 is 0. The fourth-order valence-corrected chi connectivity index (χ4v) is 3.77. The average Bonchev–Trinajstić information content (AvgIpc) is 2.69. The minimum atomic E-state index is 0.743. The molecule has 2 aliphatic rings. The van der Waals surface area contributed by atoms with Crippen molar-refractivity contribution in [1.82, 2.24) is 9.97 Å². The highest BCUT2D eigenvalue weighted by atomic mass is 15.2. The summed E-state index contributed by atoms with van der Waals surface area (Å²) in [5.41, 5.74) is 4.46. The van der Waals surface area contributed by atoms with Gasteiger partial charge in [-0.05, 0) is 55.7 Å². The number of aromatic nitrogens is 2. The summed E-state index contributed by atoms with van der Waals surface area (Å²) in [4.78, 5) is 11.5. The molecule has 0 bridgehead atoms. The number of anilines is 2. The molecule has 0 spiro atoms. The Bertz CT molecular complexity index is 753. The van der Waals surface area contributed by atoms with E-state index in [-0.39, 0.29) is 0 Å². The molecule has 4 rings (SSSR count). The summed E-state index contributed by atoms with van der Waals surface area (Å²) in [6.45, 7) is 2.86. The van der Waals surface area contributed by atoms with Gasteiger partial charge in [-0.25, -0.2) is 4.98 Å². The van der Waals surface area contributed by atoms with Gasteiger partial charge in [0.2, 0.25) is 5.95 Å². The molecule has 1 N–H and O–H groups in total.